The molecular weight excluding hydrogens is 466 g/mol. The Balaban J connectivity index is 1.80. The fraction of sp³-hybridized carbons (Fsp3) is 0.300. The van der Waals surface area contributed by atoms with Crippen LogP contribution in [0.3, 0.4) is 0 Å². The molecule has 37 heavy (non-hydrogen) atoms. The SMILES string of the molecule is CCCNc1ccc(C(=O)N(CCC)c2ccc(C(=O)N(CCC)c3ccc(C(=O)O)cc3)cc2)cc1. The molecule has 3 aromatic rings. The first-order valence-electron chi connectivity index (χ1n) is 12.8. The van der Waals surface area contributed by atoms with Crippen LogP contribution in [-0.4, -0.2) is 42.5 Å². The first kappa shape index (κ1) is 27.5. The van der Waals surface area contributed by atoms with E-state index >= 15 is 0 Å². The molecule has 0 atom stereocenters. The van der Waals surface area contributed by atoms with Crippen molar-refractivity contribution in [2.75, 3.05) is 34.8 Å². The van der Waals surface area contributed by atoms with Gasteiger partial charge in [0.25, 0.3) is 11.8 Å². The van der Waals surface area contributed by atoms with Gasteiger partial charge in [0.15, 0.2) is 0 Å². The van der Waals surface area contributed by atoms with Gasteiger partial charge in [-0.25, -0.2) is 4.79 Å². The average molecular weight is 502 g/mol. The highest BCUT2D eigenvalue weighted by Crippen LogP contribution is 2.23. The standard InChI is InChI=1S/C30H35N3O4/c1-4-19-31-25-13-7-22(8-14-25)28(34)32(20-5-2)26-15-9-23(10-16-26)29(35)33(21-6-3)27-17-11-24(12-18-27)30(36)37/h7-18,31H,4-6,19-21H2,1-3H3,(H,36,37). The maximum Gasteiger partial charge on any atom is 0.335 e. The molecule has 0 radical (unpaired) electrons. The zero-order valence-electron chi connectivity index (χ0n) is 21.7. The number of anilines is 3. The van der Waals surface area contributed by atoms with Gasteiger partial charge in [-0.05, 0) is 92.1 Å². The monoisotopic (exact) mass is 501 g/mol. The Kier molecular flexibility index (Phi) is 9.84. The number of carboxylic acid groups (broad SMARTS) is 1. The lowest BCUT2D eigenvalue weighted by Gasteiger charge is -2.24. The van der Waals surface area contributed by atoms with Crippen molar-refractivity contribution < 1.29 is 19.5 Å². The molecule has 0 spiro atoms. The number of carbonyl (C=O) groups is 3. The van der Waals surface area contributed by atoms with Crippen molar-refractivity contribution in [1.82, 2.24) is 0 Å². The Morgan fingerprint density at radius 2 is 1.03 bits per heavy atom. The molecule has 194 valence electrons. The molecule has 0 aliphatic rings. The third-order valence-corrected chi connectivity index (χ3v) is 5.95. The summed E-state index contributed by atoms with van der Waals surface area (Å²) in [5, 5.41) is 12.5. The maximum atomic E-state index is 13.3. The van der Waals surface area contributed by atoms with Gasteiger partial charge in [0.2, 0.25) is 0 Å². The largest absolute Gasteiger partial charge is 0.478 e. The second kappa shape index (κ2) is 13.3. The molecule has 0 fully saturated rings. The van der Waals surface area contributed by atoms with Crippen LogP contribution in [0.2, 0.25) is 0 Å². The summed E-state index contributed by atoms with van der Waals surface area (Å²) >= 11 is 0. The molecule has 0 heterocycles. The second-order valence-electron chi connectivity index (χ2n) is 8.82. The van der Waals surface area contributed by atoms with Crippen LogP contribution in [-0.2, 0) is 0 Å². The van der Waals surface area contributed by atoms with Gasteiger partial charge >= 0.3 is 5.97 Å². The minimum atomic E-state index is -1.01. The lowest BCUT2D eigenvalue weighted by atomic mass is 10.1. The molecule has 7 nitrogen and oxygen atoms in total. The topological polar surface area (TPSA) is 90.0 Å². The van der Waals surface area contributed by atoms with Gasteiger partial charge in [-0.1, -0.05) is 20.8 Å². The number of hydrogen-bond donors (Lipinski definition) is 2. The molecule has 2 amide bonds. The number of carbonyl (C=O) groups excluding carboxylic acids is 2. The Hall–Kier alpha value is -4.13. The Morgan fingerprint density at radius 3 is 1.41 bits per heavy atom. The Morgan fingerprint density at radius 1 is 0.622 bits per heavy atom. The molecule has 2 N–H and O–H groups in total. The molecule has 0 aliphatic heterocycles. The van der Waals surface area contributed by atoms with Gasteiger partial charge in [-0.15, -0.1) is 0 Å². The molecule has 0 bridgehead atoms. The zero-order valence-corrected chi connectivity index (χ0v) is 21.7. The van der Waals surface area contributed by atoms with Crippen LogP contribution in [0, 0.1) is 0 Å². The molecular formula is C30H35N3O4. The number of aromatic carboxylic acids is 1. The number of benzene rings is 3. The highest BCUT2D eigenvalue weighted by atomic mass is 16.4. The molecule has 7 heteroatoms. The molecule has 0 unspecified atom stereocenters. The van der Waals surface area contributed by atoms with Crippen LogP contribution in [0.1, 0.15) is 71.1 Å². The van der Waals surface area contributed by atoms with Gasteiger partial charge in [0.1, 0.15) is 0 Å². The van der Waals surface area contributed by atoms with Gasteiger partial charge in [0.05, 0.1) is 5.56 Å². The number of amides is 2. The summed E-state index contributed by atoms with van der Waals surface area (Å²) in [5.41, 5.74) is 3.62. The molecule has 0 aromatic heterocycles. The molecule has 3 rings (SSSR count). The summed E-state index contributed by atoms with van der Waals surface area (Å²) in [6.45, 7) is 8.04. The number of nitrogens with one attached hydrogen (secondary N) is 1. The summed E-state index contributed by atoms with van der Waals surface area (Å²) in [5.74, 6) is -1.28. The van der Waals surface area contributed by atoms with Crippen molar-refractivity contribution in [2.45, 2.75) is 40.0 Å². The number of nitrogens with zero attached hydrogens (tertiary/aromatic N) is 2. The molecule has 0 saturated heterocycles. The third kappa shape index (κ3) is 6.97. The van der Waals surface area contributed by atoms with Crippen molar-refractivity contribution in [3.8, 4) is 0 Å². The van der Waals surface area contributed by atoms with Crippen LogP contribution < -0.4 is 15.1 Å². The number of rotatable bonds is 12. The highest BCUT2D eigenvalue weighted by molar-refractivity contribution is 6.08. The van der Waals surface area contributed by atoms with Crippen LogP contribution in [0.4, 0.5) is 17.1 Å². The van der Waals surface area contributed by atoms with Crippen LogP contribution in [0.5, 0.6) is 0 Å². The summed E-state index contributed by atoms with van der Waals surface area (Å²) in [6, 6.07) is 20.9. The quantitative estimate of drug-likeness (QED) is 0.303. The summed E-state index contributed by atoms with van der Waals surface area (Å²) in [6.07, 6.45) is 2.56. The van der Waals surface area contributed by atoms with Gasteiger partial charge in [-0.2, -0.15) is 0 Å². The predicted molar refractivity (Wildman–Crippen MR) is 149 cm³/mol. The lowest BCUT2D eigenvalue weighted by Crippen LogP contribution is -2.33. The van der Waals surface area contributed by atoms with E-state index in [-0.39, 0.29) is 17.4 Å². The van der Waals surface area contributed by atoms with Crippen molar-refractivity contribution in [3.63, 3.8) is 0 Å². The van der Waals surface area contributed by atoms with E-state index < -0.39 is 5.97 Å². The smallest absolute Gasteiger partial charge is 0.335 e. The fourth-order valence-corrected chi connectivity index (χ4v) is 4.02. The molecule has 0 saturated carbocycles. The van der Waals surface area contributed by atoms with E-state index in [0.717, 1.165) is 37.2 Å². The van der Waals surface area contributed by atoms with E-state index in [1.807, 2.05) is 38.1 Å². The minimum absolute atomic E-state index is 0.0888. The normalized spacial score (nSPS) is 10.6. The zero-order chi connectivity index (χ0) is 26.8. The predicted octanol–water partition coefficient (Wildman–Crippen LogP) is 6.32. The second-order valence-corrected chi connectivity index (χ2v) is 8.82. The van der Waals surface area contributed by atoms with Gasteiger partial charge < -0.3 is 20.2 Å². The van der Waals surface area contributed by atoms with Crippen LogP contribution in [0.15, 0.2) is 72.8 Å². The lowest BCUT2D eigenvalue weighted by molar-refractivity contribution is 0.0696. The molecule has 0 aliphatic carbocycles. The van der Waals surface area contributed by atoms with Gasteiger partial charge in [-0.3, -0.25) is 9.59 Å². The minimum Gasteiger partial charge on any atom is -0.478 e. The summed E-state index contributed by atoms with van der Waals surface area (Å²) < 4.78 is 0. The van der Waals surface area contributed by atoms with E-state index in [9.17, 15) is 14.4 Å². The third-order valence-electron chi connectivity index (χ3n) is 5.95. The number of carboxylic acids is 1. The Labute approximate surface area is 218 Å². The fourth-order valence-electron chi connectivity index (χ4n) is 4.02. The Bertz CT molecular complexity index is 1190. The number of hydrogen-bond acceptors (Lipinski definition) is 4. The van der Waals surface area contributed by atoms with E-state index in [1.54, 1.807) is 46.2 Å². The van der Waals surface area contributed by atoms with Crippen LogP contribution in [0.25, 0.3) is 0 Å². The van der Waals surface area contributed by atoms with E-state index in [1.165, 1.54) is 12.1 Å². The van der Waals surface area contributed by atoms with E-state index in [0.29, 0.717) is 29.9 Å². The first-order valence-corrected chi connectivity index (χ1v) is 12.8. The maximum absolute atomic E-state index is 13.3. The van der Waals surface area contributed by atoms with Crippen molar-refractivity contribution in [2.24, 2.45) is 0 Å². The summed E-state index contributed by atoms with van der Waals surface area (Å²) in [7, 11) is 0. The van der Waals surface area contributed by atoms with E-state index in [2.05, 4.69) is 12.2 Å². The van der Waals surface area contributed by atoms with Crippen molar-refractivity contribution in [3.05, 3.63) is 89.5 Å². The molecule has 3 aromatic carbocycles. The first-order chi connectivity index (χ1) is 17.9. The van der Waals surface area contributed by atoms with Crippen molar-refractivity contribution >= 4 is 34.8 Å². The van der Waals surface area contributed by atoms with Crippen LogP contribution >= 0.6 is 0 Å². The van der Waals surface area contributed by atoms with Crippen molar-refractivity contribution in [1.29, 1.82) is 0 Å². The highest BCUT2D eigenvalue weighted by Gasteiger charge is 2.20. The summed E-state index contributed by atoms with van der Waals surface area (Å²) in [4.78, 5) is 41.2. The average Bonchev–Trinajstić information content (AvgIpc) is 2.93. The van der Waals surface area contributed by atoms with Gasteiger partial charge in [0, 0.05) is 47.8 Å². The van der Waals surface area contributed by atoms with E-state index in [4.69, 9.17) is 5.11 Å².